The van der Waals surface area contributed by atoms with E-state index in [0.29, 0.717) is 19.7 Å². The van der Waals surface area contributed by atoms with Gasteiger partial charge >= 0.3 is 0 Å². The third-order valence-corrected chi connectivity index (χ3v) is 3.97. The summed E-state index contributed by atoms with van der Waals surface area (Å²) in [6.45, 7) is 6.18. The third kappa shape index (κ3) is 2.44. The van der Waals surface area contributed by atoms with E-state index in [-0.39, 0.29) is 12.0 Å². The summed E-state index contributed by atoms with van der Waals surface area (Å²) in [4.78, 5) is 16.2. The molecule has 2 rings (SSSR count). The largest absolute Gasteiger partial charge is 0.375 e. The Labute approximate surface area is 100 Å². The van der Waals surface area contributed by atoms with Crippen LogP contribution < -0.4 is 0 Å². The fourth-order valence-corrected chi connectivity index (χ4v) is 2.76. The molecule has 1 amide bonds. The molecule has 1 unspecified atom stereocenters. The summed E-state index contributed by atoms with van der Waals surface area (Å²) in [5.41, 5.74) is 0. The molecule has 0 aliphatic carbocycles. The smallest absolute Gasteiger partial charge is 0.264 e. The van der Waals surface area contributed by atoms with Gasteiger partial charge in [0.05, 0.1) is 17.6 Å². The molecule has 1 aliphatic rings. The minimum Gasteiger partial charge on any atom is -0.375 e. The maximum Gasteiger partial charge on any atom is 0.264 e. The fourth-order valence-electron chi connectivity index (χ4n) is 1.84. The van der Waals surface area contributed by atoms with Crippen molar-refractivity contribution < 1.29 is 9.53 Å². The Bertz CT molecular complexity index is 375. The number of rotatable bonds is 2. The van der Waals surface area contributed by atoms with Crippen molar-refractivity contribution in [2.75, 3.05) is 19.7 Å². The van der Waals surface area contributed by atoms with Crippen LogP contribution in [0.25, 0.3) is 0 Å². The Balaban J connectivity index is 2.06. The third-order valence-electron chi connectivity index (χ3n) is 2.75. The molecule has 1 atom stereocenters. The van der Waals surface area contributed by atoms with Crippen molar-refractivity contribution in [3.05, 3.63) is 21.9 Å². The van der Waals surface area contributed by atoms with Gasteiger partial charge in [-0.1, -0.05) is 6.92 Å². The molecular formula is C12H17NO2S. The van der Waals surface area contributed by atoms with Gasteiger partial charge in [-0.15, -0.1) is 11.3 Å². The van der Waals surface area contributed by atoms with Crippen LogP contribution in [0, 0.1) is 0 Å². The minimum absolute atomic E-state index is 0.153. The first kappa shape index (κ1) is 11.6. The van der Waals surface area contributed by atoms with E-state index >= 15 is 0 Å². The van der Waals surface area contributed by atoms with E-state index in [1.807, 2.05) is 24.0 Å². The number of nitrogens with zero attached hydrogens (tertiary/aromatic N) is 1. The molecule has 16 heavy (non-hydrogen) atoms. The number of amides is 1. The molecule has 2 heterocycles. The summed E-state index contributed by atoms with van der Waals surface area (Å²) >= 11 is 1.60. The molecule has 0 radical (unpaired) electrons. The zero-order chi connectivity index (χ0) is 11.5. The van der Waals surface area contributed by atoms with Crippen LogP contribution in [-0.4, -0.2) is 36.6 Å². The van der Waals surface area contributed by atoms with Crippen LogP contribution in [0.2, 0.25) is 0 Å². The molecule has 0 aromatic carbocycles. The maximum absolute atomic E-state index is 12.2. The summed E-state index contributed by atoms with van der Waals surface area (Å²) < 4.78 is 5.43. The van der Waals surface area contributed by atoms with Gasteiger partial charge in [-0.25, -0.2) is 0 Å². The lowest BCUT2D eigenvalue weighted by Crippen LogP contribution is -2.44. The van der Waals surface area contributed by atoms with Crippen LogP contribution in [-0.2, 0) is 11.2 Å². The van der Waals surface area contributed by atoms with Crippen molar-refractivity contribution in [1.29, 1.82) is 0 Å². The fraction of sp³-hybridized carbons (Fsp3) is 0.583. The predicted octanol–water partition coefficient (Wildman–Crippen LogP) is 2.17. The van der Waals surface area contributed by atoms with Gasteiger partial charge in [0, 0.05) is 18.0 Å². The normalized spacial score (nSPS) is 21.1. The Kier molecular flexibility index (Phi) is 3.61. The highest BCUT2D eigenvalue weighted by Gasteiger charge is 2.23. The van der Waals surface area contributed by atoms with E-state index in [4.69, 9.17) is 4.74 Å². The molecule has 0 saturated carbocycles. The molecule has 0 spiro atoms. The molecule has 88 valence electrons. The SMILES string of the molecule is CCc1ccc(C(=O)N2CCOC(C)C2)s1. The summed E-state index contributed by atoms with van der Waals surface area (Å²) in [7, 11) is 0. The molecule has 0 bridgehead atoms. The molecule has 3 nitrogen and oxygen atoms in total. The van der Waals surface area contributed by atoms with Crippen LogP contribution in [0.3, 0.4) is 0 Å². The molecule has 1 aliphatic heterocycles. The lowest BCUT2D eigenvalue weighted by atomic mass is 10.3. The topological polar surface area (TPSA) is 29.5 Å². The molecule has 0 N–H and O–H groups in total. The second-order valence-electron chi connectivity index (χ2n) is 4.05. The first-order valence-corrected chi connectivity index (χ1v) is 6.52. The van der Waals surface area contributed by atoms with Gasteiger partial charge in [0.15, 0.2) is 0 Å². The van der Waals surface area contributed by atoms with Crippen molar-refractivity contribution in [3.8, 4) is 0 Å². The van der Waals surface area contributed by atoms with Gasteiger partial charge < -0.3 is 9.64 Å². The molecule has 1 aromatic rings. The quantitative estimate of drug-likeness (QED) is 0.791. The van der Waals surface area contributed by atoms with Gasteiger partial charge in [0.25, 0.3) is 5.91 Å². The summed E-state index contributed by atoms with van der Waals surface area (Å²) in [5, 5.41) is 0. The number of hydrogen-bond donors (Lipinski definition) is 0. The monoisotopic (exact) mass is 239 g/mol. The van der Waals surface area contributed by atoms with Crippen LogP contribution in [0.4, 0.5) is 0 Å². The van der Waals surface area contributed by atoms with Crippen LogP contribution >= 0.6 is 11.3 Å². The molecule has 4 heteroatoms. The van der Waals surface area contributed by atoms with Crippen LogP contribution in [0.1, 0.15) is 28.4 Å². The van der Waals surface area contributed by atoms with Crippen molar-refractivity contribution in [3.63, 3.8) is 0 Å². The Morgan fingerprint density at radius 2 is 2.44 bits per heavy atom. The van der Waals surface area contributed by atoms with Gasteiger partial charge in [0.1, 0.15) is 0 Å². The van der Waals surface area contributed by atoms with Gasteiger partial charge in [-0.2, -0.15) is 0 Å². The van der Waals surface area contributed by atoms with Crippen LogP contribution in [0.15, 0.2) is 12.1 Å². The van der Waals surface area contributed by atoms with Crippen molar-refractivity contribution in [2.45, 2.75) is 26.4 Å². The summed E-state index contributed by atoms with van der Waals surface area (Å²) in [6.07, 6.45) is 1.15. The number of ether oxygens (including phenoxy) is 1. The van der Waals surface area contributed by atoms with E-state index in [2.05, 4.69) is 6.92 Å². The number of aryl methyl sites for hydroxylation is 1. The van der Waals surface area contributed by atoms with E-state index in [1.165, 1.54) is 4.88 Å². The lowest BCUT2D eigenvalue weighted by molar-refractivity contribution is -0.0122. The Morgan fingerprint density at radius 3 is 3.06 bits per heavy atom. The van der Waals surface area contributed by atoms with Crippen molar-refractivity contribution in [1.82, 2.24) is 4.90 Å². The average molecular weight is 239 g/mol. The highest BCUT2D eigenvalue weighted by molar-refractivity contribution is 7.14. The predicted molar refractivity (Wildman–Crippen MR) is 65.0 cm³/mol. The second kappa shape index (κ2) is 4.97. The number of morpholine rings is 1. The van der Waals surface area contributed by atoms with E-state index in [0.717, 1.165) is 11.3 Å². The number of carbonyl (C=O) groups excluding carboxylic acids is 1. The number of thiophene rings is 1. The highest BCUT2D eigenvalue weighted by Crippen LogP contribution is 2.19. The first-order valence-electron chi connectivity index (χ1n) is 5.70. The van der Waals surface area contributed by atoms with Gasteiger partial charge in [-0.05, 0) is 25.5 Å². The lowest BCUT2D eigenvalue weighted by Gasteiger charge is -2.30. The number of hydrogen-bond acceptors (Lipinski definition) is 3. The second-order valence-corrected chi connectivity index (χ2v) is 5.22. The molecule has 1 fully saturated rings. The zero-order valence-corrected chi connectivity index (χ0v) is 10.5. The van der Waals surface area contributed by atoms with Crippen LogP contribution in [0.5, 0.6) is 0 Å². The summed E-state index contributed by atoms with van der Waals surface area (Å²) in [5.74, 6) is 0.153. The van der Waals surface area contributed by atoms with Crippen molar-refractivity contribution in [2.24, 2.45) is 0 Å². The molecule has 1 aromatic heterocycles. The minimum atomic E-state index is 0.153. The van der Waals surface area contributed by atoms with Gasteiger partial charge in [-0.3, -0.25) is 4.79 Å². The Morgan fingerprint density at radius 1 is 1.62 bits per heavy atom. The maximum atomic E-state index is 12.2. The first-order chi connectivity index (χ1) is 7.70. The standard InChI is InChI=1S/C12H17NO2S/c1-3-10-4-5-11(16-10)12(14)13-6-7-15-9(2)8-13/h4-5,9H,3,6-8H2,1-2H3. The number of carbonyl (C=O) groups is 1. The molecule has 1 saturated heterocycles. The van der Waals surface area contributed by atoms with E-state index in [9.17, 15) is 4.79 Å². The Hall–Kier alpha value is -0.870. The van der Waals surface area contributed by atoms with Crippen molar-refractivity contribution >= 4 is 17.2 Å². The average Bonchev–Trinajstić information content (AvgIpc) is 2.76. The summed E-state index contributed by atoms with van der Waals surface area (Å²) in [6, 6.07) is 3.98. The van der Waals surface area contributed by atoms with E-state index < -0.39 is 0 Å². The van der Waals surface area contributed by atoms with E-state index in [1.54, 1.807) is 11.3 Å². The molecular weight excluding hydrogens is 222 g/mol. The highest BCUT2D eigenvalue weighted by atomic mass is 32.1. The van der Waals surface area contributed by atoms with Gasteiger partial charge in [0.2, 0.25) is 0 Å². The zero-order valence-electron chi connectivity index (χ0n) is 9.73.